The van der Waals surface area contributed by atoms with Crippen LogP contribution in [-0.2, 0) is 11.8 Å². The Morgan fingerprint density at radius 2 is 1.42 bits per heavy atom. The zero-order chi connectivity index (χ0) is 34.7. The average Bonchev–Trinajstić information content (AvgIpc) is 3.73. The standard InChI is InChI=1S/C42H49BrN4Si/c1-24(2)48(25(3)4,26(5)6)15-14-30-18-32-21-39-42(10,11)23-33(46-39)20-37-34(43)22-38(47-37)41(40-28(8)16-27(7)17-29(40)9)35-13-12-31(44-35)19-36(30)45-32/h12-13,16-22,24-26,44-45H,23H2,1-11H3. The number of rotatable bonds is 4. The van der Waals surface area contributed by atoms with Crippen LogP contribution in [0.2, 0.25) is 16.6 Å². The van der Waals surface area contributed by atoms with E-state index in [1.54, 1.807) is 0 Å². The molecule has 0 spiro atoms. The van der Waals surface area contributed by atoms with Gasteiger partial charge in [0, 0.05) is 55.4 Å². The highest BCUT2D eigenvalue weighted by Gasteiger charge is 2.41. The average molecular weight is 718 g/mol. The summed E-state index contributed by atoms with van der Waals surface area (Å²) >= 11 is 3.85. The molecule has 4 nitrogen and oxygen atoms in total. The first-order chi connectivity index (χ1) is 22.6. The van der Waals surface area contributed by atoms with Crippen molar-refractivity contribution >= 4 is 56.6 Å². The number of H-pyrrole nitrogens is 2. The van der Waals surface area contributed by atoms with Crippen LogP contribution in [0.5, 0.6) is 0 Å². The van der Waals surface area contributed by atoms with Crippen LogP contribution < -0.4 is 0 Å². The largest absolute Gasteiger partial charge is 0.355 e. The van der Waals surface area contributed by atoms with Crippen molar-refractivity contribution in [1.29, 1.82) is 0 Å². The van der Waals surface area contributed by atoms with Gasteiger partial charge in [0.25, 0.3) is 0 Å². The molecular weight excluding hydrogens is 668 g/mol. The molecule has 8 bridgehead atoms. The van der Waals surface area contributed by atoms with Gasteiger partial charge in [0.2, 0.25) is 0 Å². The molecule has 248 valence electrons. The SMILES string of the molecule is Cc1cc(C)c(-c2c3nc(cc4nc(cc5cc(C#C[Si](C(C)C)(C(C)C)C(C)C)c(cc6ccc2[nH]6)[nH]5)C(C)(C)C4)C(Br)=C3)c(C)c1. The molecule has 0 amide bonds. The molecule has 0 radical (unpaired) electrons. The van der Waals surface area contributed by atoms with Gasteiger partial charge in [-0.3, -0.25) is 4.98 Å². The summed E-state index contributed by atoms with van der Waals surface area (Å²) in [5.41, 5.74) is 20.6. The smallest absolute Gasteiger partial charge is 0.146 e. The number of aromatic nitrogens is 4. The zero-order valence-electron chi connectivity index (χ0n) is 30.4. The first-order valence-corrected chi connectivity index (χ1v) is 20.3. The second-order valence-corrected chi connectivity index (χ2v) is 22.0. The van der Waals surface area contributed by atoms with Crippen LogP contribution in [0, 0.1) is 32.2 Å². The van der Waals surface area contributed by atoms with Crippen molar-refractivity contribution in [3.05, 3.63) is 93.6 Å². The van der Waals surface area contributed by atoms with Crippen molar-refractivity contribution in [3.63, 3.8) is 0 Å². The van der Waals surface area contributed by atoms with Crippen molar-refractivity contribution in [2.75, 3.05) is 0 Å². The Labute approximate surface area is 296 Å². The van der Waals surface area contributed by atoms with Gasteiger partial charge in [0.15, 0.2) is 0 Å². The number of aromatic amines is 2. The van der Waals surface area contributed by atoms with Crippen LogP contribution >= 0.6 is 15.9 Å². The second kappa shape index (κ2) is 12.7. The molecule has 6 rings (SSSR count). The lowest BCUT2D eigenvalue weighted by atomic mass is 9.87. The summed E-state index contributed by atoms with van der Waals surface area (Å²) in [6.07, 6.45) is 3.00. The lowest BCUT2D eigenvalue weighted by molar-refractivity contribution is 0.543. The molecule has 6 heteroatoms. The Kier molecular flexibility index (Phi) is 9.02. The molecule has 4 aromatic rings. The van der Waals surface area contributed by atoms with Gasteiger partial charge in [0.1, 0.15) is 8.07 Å². The highest BCUT2D eigenvalue weighted by atomic mass is 79.9. The van der Waals surface area contributed by atoms with E-state index >= 15 is 0 Å². The highest BCUT2D eigenvalue weighted by molar-refractivity contribution is 9.15. The predicted molar refractivity (Wildman–Crippen MR) is 212 cm³/mol. The molecule has 2 aliphatic rings. The molecule has 0 saturated carbocycles. The quantitative estimate of drug-likeness (QED) is 0.163. The summed E-state index contributed by atoms with van der Waals surface area (Å²) in [5, 5.41) is 0. The third-order valence-corrected chi connectivity index (χ3v) is 17.5. The number of halogens is 1. The summed E-state index contributed by atoms with van der Waals surface area (Å²) in [6, 6.07) is 17.7. The van der Waals surface area contributed by atoms with Gasteiger partial charge in [0.05, 0.1) is 16.9 Å². The van der Waals surface area contributed by atoms with Gasteiger partial charge in [-0.1, -0.05) is 79.0 Å². The summed E-state index contributed by atoms with van der Waals surface area (Å²) in [4.78, 5) is 17.9. The van der Waals surface area contributed by atoms with Gasteiger partial charge in [-0.2, -0.15) is 0 Å². The molecule has 0 fully saturated rings. The van der Waals surface area contributed by atoms with Crippen LogP contribution in [0.4, 0.5) is 0 Å². The summed E-state index contributed by atoms with van der Waals surface area (Å²) in [6.45, 7) is 25.3. The lowest BCUT2D eigenvalue weighted by Gasteiger charge is -2.38. The van der Waals surface area contributed by atoms with Crippen molar-refractivity contribution < 1.29 is 0 Å². The fraction of sp³-hybridized carbons (Fsp3) is 0.381. The molecule has 0 aliphatic carbocycles. The molecule has 2 aliphatic heterocycles. The highest BCUT2D eigenvalue weighted by Crippen LogP contribution is 2.42. The first kappa shape index (κ1) is 34.2. The van der Waals surface area contributed by atoms with Gasteiger partial charge in [-0.05, 0) is 112 Å². The summed E-state index contributed by atoms with van der Waals surface area (Å²) in [5.74, 6) is 3.75. The molecule has 0 atom stereocenters. The van der Waals surface area contributed by atoms with E-state index in [9.17, 15) is 0 Å². The van der Waals surface area contributed by atoms with Gasteiger partial charge in [-0.25, -0.2) is 4.98 Å². The van der Waals surface area contributed by atoms with Crippen molar-refractivity contribution in [2.24, 2.45) is 0 Å². The van der Waals surface area contributed by atoms with Gasteiger partial charge < -0.3 is 9.97 Å². The number of hydrogen-bond acceptors (Lipinski definition) is 2. The molecule has 5 heterocycles. The minimum Gasteiger partial charge on any atom is -0.355 e. The third-order valence-electron chi connectivity index (χ3n) is 10.5. The maximum absolute atomic E-state index is 5.23. The van der Waals surface area contributed by atoms with Crippen LogP contribution in [0.25, 0.3) is 43.8 Å². The molecule has 0 unspecified atom stereocenters. The fourth-order valence-corrected chi connectivity index (χ4v) is 13.9. The van der Waals surface area contributed by atoms with E-state index in [0.717, 1.165) is 66.9 Å². The Morgan fingerprint density at radius 3 is 2.06 bits per heavy atom. The summed E-state index contributed by atoms with van der Waals surface area (Å²) in [7, 11) is -1.93. The first-order valence-electron chi connectivity index (χ1n) is 17.3. The number of nitrogens with zero attached hydrogens (tertiary/aromatic N) is 2. The van der Waals surface area contributed by atoms with E-state index in [2.05, 4.69) is 168 Å². The van der Waals surface area contributed by atoms with E-state index in [-0.39, 0.29) is 5.41 Å². The topological polar surface area (TPSA) is 57.4 Å². The van der Waals surface area contributed by atoms with E-state index in [0.29, 0.717) is 16.6 Å². The molecule has 2 N–H and O–H groups in total. The van der Waals surface area contributed by atoms with Crippen molar-refractivity contribution in [3.8, 4) is 22.6 Å². The van der Waals surface area contributed by atoms with Crippen molar-refractivity contribution in [1.82, 2.24) is 19.9 Å². The van der Waals surface area contributed by atoms with Crippen LogP contribution in [0.1, 0.15) is 100 Å². The maximum atomic E-state index is 5.23. The normalized spacial score (nSPS) is 14.4. The summed E-state index contributed by atoms with van der Waals surface area (Å²) < 4.78 is 0.971. The number of benzene rings is 1. The number of fused-ring (bicyclic) bond motifs is 8. The number of nitrogens with one attached hydrogen (secondary N) is 2. The van der Waals surface area contributed by atoms with Crippen molar-refractivity contribution in [2.45, 2.75) is 105 Å². The van der Waals surface area contributed by atoms with E-state index in [1.807, 2.05) is 0 Å². The minimum atomic E-state index is -1.93. The van der Waals surface area contributed by atoms with Crippen LogP contribution in [-0.4, -0.2) is 28.0 Å². The molecule has 48 heavy (non-hydrogen) atoms. The molecule has 1 aromatic carbocycles. The fourth-order valence-electron chi connectivity index (χ4n) is 8.31. The lowest BCUT2D eigenvalue weighted by Crippen LogP contribution is -2.43. The second-order valence-electron chi connectivity index (χ2n) is 15.5. The predicted octanol–water partition coefficient (Wildman–Crippen LogP) is 11.9. The van der Waals surface area contributed by atoms with Gasteiger partial charge in [-0.15, -0.1) is 5.54 Å². The van der Waals surface area contributed by atoms with Gasteiger partial charge >= 0.3 is 0 Å². The van der Waals surface area contributed by atoms with Crippen LogP contribution in [0.15, 0.2) is 48.5 Å². The van der Waals surface area contributed by atoms with E-state index in [1.165, 1.54) is 22.3 Å². The zero-order valence-corrected chi connectivity index (χ0v) is 33.0. The minimum absolute atomic E-state index is 0.112. The number of hydrogen-bond donors (Lipinski definition) is 2. The number of aryl methyl sites for hydroxylation is 3. The Balaban J connectivity index is 1.72. The molecule has 3 aromatic heterocycles. The Bertz CT molecular complexity index is 2140. The third kappa shape index (κ3) is 6.16. The Morgan fingerprint density at radius 1 is 0.771 bits per heavy atom. The Hall–Kier alpha value is -3.66. The van der Waals surface area contributed by atoms with E-state index < -0.39 is 8.07 Å². The van der Waals surface area contributed by atoms with Crippen LogP contribution in [0.3, 0.4) is 0 Å². The monoisotopic (exact) mass is 716 g/mol. The van der Waals surface area contributed by atoms with E-state index in [4.69, 9.17) is 9.97 Å². The maximum Gasteiger partial charge on any atom is 0.146 e. The molecular formula is C42H49BrN4Si. The molecule has 0 saturated heterocycles.